The molecule has 1 aromatic carbocycles. The summed E-state index contributed by atoms with van der Waals surface area (Å²) in [6, 6.07) is 8.67. The minimum atomic E-state index is -0.718. The standard InChI is InChI=1S/C23H35N3O4/c1-16-9-17(2)12-25(11-16)13-18(3)24-22(28)21-10-20(27)14-26(21)23(29)30-15-19-7-5-4-6-8-19/h4-8,16-18,20-21,27H,9-15H2,1-3H3,(H,24,28)/t16-,17-,18+,20-,21+/m1/s1. The maximum Gasteiger partial charge on any atom is 0.410 e. The maximum atomic E-state index is 12.9. The molecule has 2 aliphatic heterocycles. The quantitative estimate of drug-likeness (QED) is 0.742. The zero-order valence-electron chi connectivity index (χ0n) is 18.3. The first-order valence-electron chi connectivity index (χ1n) is 11.0. The van der Waals surface area contributed by atoms with Crippen molar-refractivity contribution >= 4 is 12.0 Å². The average Bonchev–Trinajstić information content (AvgIpc) is 3.08. The summed E-state index contributed by atoms with van der Waals surface area (Å²) in [7, 11) is 0. The van der Waals surface area contributed by atoms with Crippen molar-refractivity contribution in [3.63, 3.8) is 0 Å². The lowest BCUT2D eigenvalue weighted by Gasteiger charge is -2.36. The number of rotatable bonds is 6. The van der Waals surface area contributed by atoms with E-state index < -0.39 is 18.2 Å². The van der Waals surface area contributed by atoms with Crippen LogP contribution in [0.15, 0.2) is 30.3 Å². The van der Waals surface area contributed by atoms with Crippen LogP contribution in [0.3, 0.4) is 0 Å². The van der Waals surface area contributed by atoms with E-state index in [1.807, 2.05) is 37.3 Å². The summed E-state index contributed by atoms with van der Waals surface area (Å²) in [6.07, 6.45) is 0.194. The molecule has 0 unspecified atom stereocenters. The van der Waals surface area contributed by atoms with E-state index in [1.54, 1.807) is 0 Å². The molecule has 2 fully saturated rings. The number of hydrogen-bond acceptors (Lipinski definition) is 5. The van der Waals surface area contributed by atoms with Gasteiger partial charge in [-0.1, -0.05) is 44.2 Å². The van der Waals surface area contributed by atoms with E-state index in [0.29, 0.717) is 11.8 Å². The highest BCUT2D eigenvalue weighted by molar-refractivity contribution is 5.86. The monoisotopic (exact) mass is 417 g/mol. The van der Waals surface area contributed by atoms with Crippen LogP contribution in [0.2, 0.25) is 0 Å². The molecule has 2 N–H and O–H groups in total. The van der Waals surface area contributed by atoms with E-state index in [2.05, 4.69) is 24.1 Å². The van der Waals surface area contributed by atoms with Gasteiger partial charge in [-0.05, 0) is 30.7 Å². The molecule has 1 aromatic rings. The summed E-state index contributed by atoms with van der Waals surface area (Å²) >= 11 is 0. The van der Waals surface area contributed by atoms with Gasteiger partial charge >= 0.3 is 6.09 Å². The minimum Gasteiger partial charge on any atom is -0.445 e. The van der Waals surface area contributed by atoms with Crippen LogP contribution in [-0.2, 0) is 16.1 Å². The second kappa shape index (κ2) is 10.3. The van der Waals surface area contributed by atoms with Crippen molar-refractivity contribution in [3.8, 4) is 0 Å². The van der Waals surface area contributed by atoms with Gasteiger partial charge in [0.25, 0.3) is 0 Å². The molecule has 0 aliphatic carbocycles. The van der Waals surface area contributed by atoms with Crippen molar-refractivity contribution in [2.24, 2.45) is 11.8 Å². The summed E-state index contributed by atoms with van der Waals surface area (Å²) in [6.45, 7) is 9.66. The van der Waals surface area contributed by atoms with Crippen LogP contribution in [0, 0.1) is 11.8 Å². The van der Waals surface area contributed by atoms with Gasteiger partial charge in [0.15, 0.2) is 0 Å². The molecule has 3 rings (SSSR count). The summed E-state index contributed by atoms with van der Waals surface area (Å²) in [5.41, 5.74) is 0.880. The molecule has 7 nitrogen and oxygen atoms in total. The molecule has 2 amide bonds. The Bertz CT molecular complexity index is 704. The largest absolute Gasteiger partial charge is 0.445 e. The van der Waals surface area contributed by atoms with E-state index in [9.17, 15) is 14.7 Å². The van der Waals surface area contributed by atoms with Crippen molar-refractivity contribution in [1.82, 2.24) is 15.1 Å². The van der Waals surface area contributed by atoms with Crippen molar-refractivity contribution in [2.75, 3.05) is 26.2 Å². The number of carbonyl (C=O) groups excluding carboxylic acids is 2. The molecular weight excluding hydrogens is 382 g/mol. The number of aliphatic hydroxyl groups excluding tert-OH is 1. The SMILES string of the molecule is C[C@@H]1C[C@@H](C)CN(C[C@H](C)NC(=O)[C@@H]2C[C@@H](O)CN2C(=O)OCc2ccccc2)C1. The first kappa shape index (κ1) is 22.6. The molecule has 2 aliphatic rings. The Kier molecular flexibility index (Phi) is 7.72. The minimum absolute atomic E-state index is 0.0325. The first-order valence-corrected chi connectivity index (χ1v) is 11.0. The van der Waals surface area contributed by atoms with E-state index >= 15 is 0 Å². The highest BCUT2D eigenvalue weighted by Crippen LogP contribution is 2.22. The van der Waals surface area contributed by atoms with Gasteiger partial charge in [0.2, 0.25) is 5.91 Å². The Morgan fingerprint density at radius 2 is 1.80 bits per heavy atom. The molecule has 2 heterocycles. The number of nitrogens with one attached hydrogen (secondary N) is 1. The number of ether oxygens (including phenoxy) is 1. The second-order valence-electron chi connectivity index (χ2n) is 9.17. The molecule has 166 valence electrons. The van der Waals surface area contributed by atoms with Crippen LogP contribution in [0.1, 0.15) is 39.2 Å². The third-order valence-corrected chi connectivity index (χ3v) is 5.89. The van der Waals surface area contributed by atoms with E-state index in [1.165, 1.54) is 11.3 Å². The summed E-state index contributed by atoms with van der Waals surface area (Å²) < 4.78 is 5.38. The third kappa shape index (κ3) is 6.19. The third-order valence-electron chi connectivity index (χ3n) is 5.89. The number of piperidine rings is 1. The van der Waals surface area contributed by atoms with Crippen LogP contribution in [0.5, 0.6) is 0 Å². The molecular formula is C23H35N3O4. The van der Waals surface area contributed by atoms with Gasteiger partial charge in [0.1, 0.15) is 12.6 Å². The van der Waals surface area contributed by atoms with Crippen LogP contribution in [0.4, 0.5) is 4.79 Å². The Hall–Kier alpha value is -2.12. The number of β-amino-alcohol motifs (C(OH)–C–C–N with tert-alkyl or cyclic N) is 1. The van der Waals surface area contributed by atoms with Crippen LogP contribution < -0.4 is 5.32 Å². The lowest BCUT2D eigenvalue weighted by molar-refractivity contribution is -0.126. The van der Waals surface area contributed by atoms with E-state index in [-0.39, 0.29) is 31.5 Å². The number of aliphatic hydroxyl groups is 1. The highest BCUT2D eigenvalue weighted by Gasteiger charge is 2.40. The van der Waals surface area contributed by atoms with E-state index in [0.717, 1.165) is 25.2 Å². The summed E-state index contributed by atoms with van der Waals surface area (Å²) in [4.78, 5) is 29.2. The molecule has 0 saturated carbocycles. The van der Waals surface area contributed by atoms with Gasteiger partial charge in [-0.25, -0.2) is 4.79 Å². The number of nitrogens with zero attached hydrogens (tertiary/aromatic N) is 2. The number of hydrogen-bond donors (Lipinski definition) is 2. The summed E-state index contributed by atoms with van der Waals surface area (Å²) in [5.74, 6) is 1.10. The number of benzene rings is 1. The van der Waals surface area contributed by atoms with Crippen molar-refractivity contribution in [3.05, 3.63) is 35.9 Å². The van der Waals surface area contributed by atoms with Gasteiger partial charge in [0.05, 0.1) is 12.6 Å². The Morgan fingerprint density at radius 3 is 2.47 bits per heavy atom. The molecule has 0 spiro atoms. The van der Waals surface area contributed by atoms with Crippen LogP contribution in [0.25, 0.3) is 0 Å². The lowest BCUT2D eigenvalue weighted by Crippen LogP contribution is -2.52. The van der Waals surface area contributed by atoms with Gasteiger partial charge < -0.3 is 20.1 Å². The number of likely N-dealkylation sites (tertiary alicyclic amines) is 2. The zero-order valence-corrected chi connectivity index (χ0v) is 18.3. The molecule has 7 heteroatoms. The predicted octanol–water partition coefficient (Wildman–Crippen LogP) is 2.24. The van der Waals surface area contributed by atoms with Crippen LogP contribution >= 0.6 is 0 Å². The van der Waals surface area contributed by atoms with Crippen molar-refractivity contribution in [1.29, 1.82) is 0 Å². The fourth-order valence-corrected chi connectivity index (χ4v) is 4.78. The van der Waals surface area contributed by atoms with Gasteiger partial charge in [-0.3, -0.25) is 9.69 Å². The Balaban J connectivity index is 1.52. The normalized spacial score (nSPS) is 28.2. The average molecular weight is 418 g/mol. The first-order chi connectivity index (χ1) is 14.3. The molecule has 0 aromatic heterocycles. The topological polar surface area (TPSA) is 82.1 Å². The highest BCUT2D eigenvalue weighted by atomic mass is 16.6. The fraction of sp³-hybridized carbons (Fsp3) is 0.652. The fourth-order valence-electron chi connectivity index (χ4n) is 4.78. The molecule has 30 heavy (non-hydrogen) atoms. The maximum absolute atomic E-state index is 12.9. The molecule has 0 radical (unpaired) electrons. The Labute approximate surface area is 179 Å². The summed E-state index contributed by atoms with van der Waals surface area (Å²) in [5, 5.41) is 13.1. The number of amides is 2. The molecule has 2 saturated heterocycles. The van der Waals surface area contributed by atoms with Crippen LogP contribution in [-0.4, -0.2) is 71.3 Å². The van der Waals surface area contributed by atoms with Gasteiger partial charge in [-0.2, -0.15) is 0 Å². The molecule has 5 atom stereocenters. The predicted molar refractivity (Wildman–Crippen MR) is 115 cm³/mol. The smallest absolute Gasteiger partial charge is 0.410 e. The number of carbonyl (C=O) groups is 2. The molecule has 0 bridgehead atoms. The van der Waals surface area contributed by atoms with Gasteiger partial charge in [-0.15, -0.1) is 0 Å². The van der Waals surface area contributed by atoms with Crippen molar-refractivity contribution < 1.29 is 19.4 Å². The van der Waals surface area contributed by atoms with Crippen molar-refractivity contribution in [2.45, 2.75) is 58.4 Å². The Morgan fingerprint density at radius 1 is 1.13 bits per heavy atom. The van der Waals surface area contributed by atoms with E-state index in [4.69, 9.17) is 4.74 Å². The second-order valence-corrected chi connectivity index (χ2v) is 9.17. The lowest BCUT2D eigenvalue weighted by atomic mass is 9.92. The van der Waals surface area contributed by atoms with Gasteiger partial charge in [0, 0.05) is 32.1 Å². The zero-order chi connectivity index (χ0) is 21.7.